The first kappa shape index (κ1) is 23.9. The Balaban J connectivity index is 1.80. The smallest absolute Gasteiger partial charge is 0.254 e. The van der Waals surface area contributed by atoms with Crippen LogP contribution in [0.2, 0.25) is 0 Å². The molecule has 3 aromatic carbocycles. The summed E-state index contributed by atoms with van der Waals surface area (Å²) in [5.41, 5.74) is 2.46. The fraction of sp³-hybridized carbons (Fsp3) is 0.259. The number of anilines is 1. The normalized spacial score (nSPS) is 16.8. The maximum atomic E-state index is 13.8. The van der Waals surface area contributed by atoms with E-state index in [2.05, 4.69) is 5.32 Å². The Morgan fingerprint density at radius 2 is 1.40 bits per heavy atom. The molecule has 8 nitrogen and oxygen atoms in total. The van der Waals surface area contributed by atoms with E-state index < -0.39 is 12.0 Å². The van der Waals surface area contributed by atoms with Crippen LogP contribution < -0.4 is 24.3 Å². The second-order valence-electron chi connectivity index (χ2n) is 8.10. The van der Waals surface area contributed by atoms with E-state index >= 15 is 0 Å². The predicted molar refractivity (Wildman–Crippen MR) is 132 cm³/mol. The monoisotopic (exact) mass is 476 g/mol. The first-order valence-electron chi connectivity index (χ1n) is 11.0. The molecule has 0 bridgehead atoms. The van der Waals surface area contributed by atoms with Gasteiger partial charge in [-0.15, -0.1) is 0 Å². The van der Waals surface area contributed by atoms with Crippen LogP contribution in [0, 0.1) is 0 Å². The van der Waals surface area contributed by atoms with Gasteiger partial charge < -0.3 is 29.2 Å². The zero-order valence-corrected chi connectivity index (χ0v) is 20.3. The summed E-state index contributed by atoms with van der Waals surface area (Å²) in [5.74, 6) is 1.04. The summed E-state index contributed by atoms with van der Waals surface area (Å²) in [4.78, 5) is 28.7. The first-order valence-corrected chi connectivity index (χ1v) is 11.0. The van der Waals surface area contributed by atoms with Gasteiger partial charge in [0.05, 0.1) is 40.4 Å². The molecule has 0 spiro atoms. The van der Waals surface area contributed by atoms with Gasteiger partial charge in [0.2, 0.25) is 5.91 Å². The molecule has 35 heavy (non-hydrogen) atoms. The zero-order chi connectivity index (χ0) is 25.1. The highest BCUT2D eigenvalue weighted by Crippen LogP contribution is 2.44. The Bertz CT molecular complexity index is 1260. The lowest BCUT2D eigenvalue weighted by atomic mass is 9.79. The topological polar surface area (TPSA) is 86.3 Å². The number of nitrogens with zero attached hydrogens (tertiary/aromatic N) is 1. The number of hydrogen-bond acceptors (Lipinski definition) is 6. The van der Waals surface area contributed by atoms with Crippen LogP contribution in [0.5, 0.6) is 23.0 Å². The molecule has 2 unspecified atom stereocenters. The summed E-state index contributed by atoms with van der Waals surface area (Å²) in [7, 11) is 7.90. The number of amides is 2. The molecule has 0 aliphatic carbocycles. The van der Waals surface area contributed by atoms with Gasteiger partial charge in [-0.3, -0.25) is 9.59 Å². The SMILES string of the molecule is COc1ccc(NC(=O)C2c3ccccc3C(=O)N(C)C2c2ccc(OC)c(OC)c2)cc1OC. The average Bonchev–Trinajstić information content (AvgIpc) is 2.89. The number of nitrogens with one attached hydrogen (secondary N) is 1. The molecule has 1 heterocycles. The predicted octanol–water partition coefficient (Wildman–Crippen LogP) is 4.27. The average molecular weight is 477 g/mol. The molecule has 0 saturated heterocycles. The highest BCUT2D eigenvalue weighted by Gasteiger charge is 2.43. The maximum Gasteiger partial charge on any atom is 0.254 e. The number of carbonyl (C=O) groups is 2. The molecule has 8 heteroatoms. The van der Waals surface area contributed by atoms with Gasteiger partial charge in [0, 0.05) is 24.4 Å². The molecule has 4 rings (SSSR count). The van der Waals surface area contributed by atoms with E-state index in [0.717, 1.165) is 5.56 Å². The Morgan fingerprint density at radius 1 is 0.800 bits per heavy atom. The highest BCUT2D eigenvalue weighted by molar-refractivity contribution is 6.04. The lowest BCUT2D eigenvalue weighted by Gasteiger charge is -2.40. The number of methoxy groups -OCH3 is 4. The third kappa shape index (κ3) is 4.35. The summed E-state index contributed by atoms with van der Waals surface area (Å²) in [6, 6.07) is 17.2. The van der Waals surface area contributed by atoms with Crippen LogP contribution in [0.4, 0.5) is 5.69 Å². The molecule has 2 amide bonds. The highest BCUT2D eigenvalue weighted by atomic mass is 16.5. The quantitative estimate of drug-likeness (QED) is 0.548. The van der Waals surface area contributed by atoms with Crippen LogP contribution in [-0.4, -0.2) is 52.2 Å². The van der Waals surface area contributed by atoms with Gasteiger partial charge in [-0.25, -0.2) is 0 Å². The fourth-order valence-electron chi connectivity index (χ4n) is 4.54. The second kappa shape index (κ2) is 9.97. The number of carbonyl (C=O) groups excluding carboxylic acids is 2. The van der Waals surface area contributed by atoms with Crippen LogP contribution in [0.25, 0.3) is 0 Å². The lowest BCUT2D eigenvalue weighted by Crippen LogP contribution is -2.44. The molecule has 1 N–H and O–H groups in total. The van der Waals surface area contributed by atoms with Crippen molar-refractivity contribution in [1.82, 2.24) is 4.90 Å². The Kier molecular flexibility index (Phi) is 6.82. The Labute approximate surface area is 204 Å². The van der Waals surface area contributed by atoms with Gasteiger partial charge in [-0.2, -0.15) is 0 Å². The minimum Gasteiger partial charge on any atom is -0.493 e. The van der Waals surface area contributed by atoms with Crippen molar-refractivity contribution < 1.29 is 28.5 Å². The number of fused-ring (bicyclic) bond motifs is 1. The minimum atomic E-state index is -0.680. The van der Waals surface area contributed by atoms with Crippen LogP contribution in [0.3, 0.4) is 0 Å². The number of likely N-dealkylation sites (N-methyl/N-ethyl adjacent to an activating group) is 1. The fourth-order valence-corrected chi connectivity index (χ4v) is 4.54. The molecule has 0 radical (unpaired) electrons. The van der Waals surface area contributed by atoms with Crippen LogP contribution in [0.15, 0.2) is 60.7 Å². The van der Waals surface area contributed by atoms with Crippen molar-refractivity contribution >= 4 is 17.5 Å². The lowest BCUT2D eigenvalue weighted by molar-refractivity contribution is -0.119. The van der Waals surface area contributed by atoms with E-state index in [1.54, 1.807) is 75.7 Å². The molecule has 0 saturated carbocycles. The summed E-state index contributed by atoms with van der Waals surface area (Å²) in [5, 5.41) is 3.00. The van der Waals surface area contributed by atoms with Crippen LogP contribution in [0.1, 0.15) is 33.4 Å². The van der Waals surface area contributed by atoms with E-state index in [9.17, 15) is 9.59 Å². The van der Waals surface area contributed by atoms with E-state index in [4.69, 9.17) is 18.9 Å². The summed E-state index contributed by atoms with van der Waals surface area (Å²) in [6.07, 6.45) is 0. The van der Waals surface area contributed by atoms with E-state index in [-0.39, 0.29) is 11.8 Å². The standard InChI is InChI=1S/C27H28N2O6/c1-29-25(16-10-12-20(32-2)22(14-16)34-4)24(18-8-6-7-9-19(18)27(29)31)26(30)28-17-11-13-21(33-3)23(15-17)35-5/h6-15,24-25H,1-5H3,(H,28,30). The van der Waals surface area contributed by atoms with E-state index in [1.807, 2.05) is 18.2 Å². The number of rotatable bonds is 7. The Hall–Kier alpha value is -4.20. The van der Waals surface area contributed by atoms with Gasteiger partial charge in [0.1, 0.15) is 0 Å². The number of hydrogen-bond donors (Lipinski definition) is 1. The molecule has 2 atom stereocenters. The van der Waals surface area contributed by atoms with E-state index in [0.29, 0.717) is 39.8 Å². The minimum absolute atomic E-state index is 0.157. The summed E-state index contributed by atoms with van der Waals surface area (Å²) >= 11 is 0. The first-order chi connectivity index (χ1) is 16.9. The number of ether oxygens (including phenoxy) is 4. The van der Waals surface area contributed by atoms with Gasteiger partial charge >= 0.3 is 0 Å². The van der Waals surface area contributed by atoms with Crippen molar-refractivity contribution in [3.05, 3.63) is 77.4 Å². The van der Waals surface area contributed by atoms with Gasteiger partial charge in [-0.1, -0.05) is 24.3 Å². The van der Waals surface area contributed by atoms with Crippen molar-refractivity contribution in [2.45, 2.75) is 12.0 Å². The van der Waals surface area contributed by atoms with Crippen molar-refractivity contribution in [2.75, 3.05) is 40.8 Å². The molecular weight excluding hydrogens is 448 g/mol. The Morgan fingerprint density at radius 3 is 2.06 bits per heavy atom. The number of benzene rings is 3. The zero-order valence-electron chi connectivity index (χ0n) is 20.3. The molecule has 1 aliphatic heterocycles. The van der Waals surface area contributed by atoms with E-state index in [1.165, 1.54) is 7.11 Å². The third-order valence-corrected chi connectivity index (χ3v) is 6.26. The van der Waals surface area contributed by atoms with Crippen LogP contribution in [-0.2, 0) is 4.79 Å². The van der Waals surface area contributed by atoms with Gasteiger partial charge in [-0.05, 0) is 41.5 Å². The van der Waals surface area contributed by atoms with Crippen molar-refractivity contribution in [3.8, 4) is 23.0 Å². The van der Waals surface area contributed by atoms with Crippen molar-refractivity contribution in [3.63, 3.8) is 0 Å². The second-order valence-corrected chi connectivity index (χ2v) is 8.10. The maximum absolute atomic E-state index is 13.8. The molecule has 3 aromatic rings. The molecule has 0 aromatic heterocycles. The molecular formula is C27H28N2O6. The molecule has 1 aliphatic rings. The molecule has 182 valence electrons. The van der Waals surface area contributed by atoms with Crippen molar-refractivity contribution in [1.29, 1.82) is 0 Å². The van der Waals surface area contributed by atoms with Gasteiger partial charge in [0.25, 0.3) is 5.91 Å². The largest absolute Gasteiger partial charge is 0.493 e. The third-order valence-electron chi connectivity index (χ3n) is 6.26. The summed E-state index contributed by atoms with van der Waals surface area (Å²) < 4.78 is 21.5. The summed E-state index contributed by atoms with van der Waals surface area (Å²) in [6.45, 7) is 0. The van der Waals surface area contributed by atoms with Crippen LogP contribution >= 0.6 is 0 Å². The van der Waals surface area contributed by atoms with Crippen molar-refractivity contribution in [2.24, 2.45) is 0 Å². The van der Waals surface area contributed by atoms with Gasteiger partial charge in [0.15, 0.2) is 23.0 Å². The molecule has 0 fully saturated rings.